The van der Waals surface area contributed by atoms with Crippen molar-refractivity contribution in [1.29, 1.82) is 10.5 Å². The molecule has 0 saturated carbocycles. The monoisotopic (exact) mass is 274 g/mol. The first-order valence-electron chi connectivity index (χ1n) is 6.46. The Balaban J connectivity index is 2.33. The van der Waals surface area contributed by atoms with E-state index < -0.39 is 0 Å². The van der Waals surface area contributed by atoms with Crippen LogP contribution in [0.25, 0.3) is 0 Å². The van der Waals surface area contributed by atoms with Gasteiger partial charge in [-0.05, 0) is 24.7 Å². The molecule has 2 N–H and O–H groups in total. The molecule has 2 rings (SSSR count). The highest BCUT2D eigenvalue weighted by Gasteiger charge is 2.26. The van der Waals surface area contributed by atoms with Crippen LogP contribution in [-0.4, -0.2) is 13.1 Å². The third kappa shape index (κ3) is 2.67. The summed E-state index contributed by atoms with van der Waals surface area (Å²) < 4.78 is 0. The van der Waals surface area contributed by atoms with Crippen molar-refractivity contribution in [2.45, 2.75) is 33.1 Å². The van der Waals surface area contributed by atoms with Gasteiger partial charge in [0.15, 0.2) is 0 Å². The summed E-state index contributed by atoms with van der Waals surface area (Å²) in [4.78, 5) is 2.67. The minimum Gasteiger partial charge on any atom is -0.396 e. The van der Waals surface area contributed by atoms with E-state index in [1.54, 1.807) is 0 Å². The van der Waals surface area contributed by atoms with Crippen LogP contribution in [0.4, 0.5) is 10.7 Å². The maximum atomic E-state index is 9.25. The molecule has 0 unspecified atom stereocenters. The standard InChI is InChI=1S/C14H18N4S/c1-14(2)4-3-6-18(7-5-14)13-10(8-15)12(17)11(9-16)19-13/h3-7,17H2,1-2H3. The lowest BCUT2D eigenvalue weighted by Crippen LogP contribution is -2.24. The van der Waals surface area contributed by atoms with Crippen molar-refractivity contribution >= 4 is 22.0 Å². The van der Waals surface area contributed by atoms with Crippen LogP contribution in [0.1, 0.15) is 43.6 Å². The smallest absolute Gasteiger partial charge is 0.131 e. The number of nitriles is 2. The van der Waals surface area contributed by atoms with Gasteiger partial charge in [0.25, 0.3) is 0 Å². The van der Waals surface area contributed by atoms with Crippen LogP contribution in [0.2, 0.25) is 0 Å². The van der Waals surface area contributed by atoms with Crippen LogP contribution in [-0.2, 0) is 0 Å². The van der Waals surface area contributed by atoms with Gasteiger partial charge in [-0.3, -0.25) is 0 Å². The van der Waals surface area contributed by atoms with E-state index in [-0.39, 0.29) is 0 Å². The van der Waals surface area contributed by atoms with Gasteiger partial charge in [-0.1, -0.05) is 13.8 Å². The lowest BCUT2D eigenvalue weighted by molar-refractivity contribution is 0.325. The molecule has 1 aliphatic rings. The minimum atomic E-state index is 0.341. The predicted molar refractivity (Wildman–Crippen MR) is 78.0 cm³/mol. The van der Waals surface area contributed by atoms with Gasteiger partial charge in [0.2, 0.25) is 0 Å². The van der Waals surface area contributed by atoms with Gasteiger partial charge in [-0.25, -0.2) is 0 Å². The van der Waals surface area contributed by atoms with E-state index in [9.17, 15) is 5.26 Å². The second-order valence-corrected chi connectivity index (χ2v) is 6.75. The zero-order valence-corrected chi connectivity index (χ0v) is 12.2. The number of nitrogen functional groups attached to an aromatic ring is 1. The molecule has 19 heavy (non-hydrogen) atoms. The average Bonchev–Trinajstić information content (AvgIpc) is 2.57. The van der Waals surface area contributed by atoms with Crippen molar-refractivity contribution in [3.63, 3.8) is 0 Å². The number of thiophene rings is 1. The molecule has 0 aromatic carbocycles. The van der Waals surface area contributed by atoms with Crippen molar-refractivity contribution < 1.29 is 0 Å². The van der Waals surface area contributed by atoms with Crippen LogP contribution in [0.3, 0.4) is 0 Å². The Bertz CT molecular complexity index is 559. The number of hydrogen-bond acceptors (Lipinski definition) is 5. The minimum absolute atomic E-state index is 0.341. The van der Waals surface area contributed by atoms with Crippen LogP contribution >= 0.6 is 11.3 Å². The van der Waals surface area contributed by atoms with Crippen LogP contribution in [0.15, 0.2) is 0 Å². The van der Waals surface area contributed by atoms with E-state index in [0.29, 0.717) is 21.5 Å². The van der Waals surface area contributed by atoms with Gasteiger partial charge in [0, 0.05) is 13.1 Å². The summed E-state index contributed by atoms with van der Waals surface area (Å²) in [5, 5.41) is 19.2. The van der Waals surface area contributed by atoms with Gasteiger partial charge in [0.05, 0.1) is 5.69 Å². The SMILES string of the molecule is CC1(C)CCCN(c2sc(C#N)c(N)c2C#N)CC1. The van der Waals surface area contributed by atoms with Crippen LogP contribution < -0.4 is 10.6 Å². The Hall–Kier alpha value is -1.72. The zero-order valence-electron chi connectivity index (χ0n) is 11.4. The summed E-state index contributed by atoms with van der Waals surface area (Å²) in [6.45, 7) is 6.42. The third-order valence-electron chi connectivity index (χ3n) is 3.77. The number of hydrogen-bond donors (Lipinski definition) is 1. The Morgan fingerprint density at radius 3 is 2.58 bits per heavy atom. The number of nitrogens with zero attached hydrogens (tertiary/aromatic N) is 3. The molecule has 1 aliphatic heterocycles. The highest BCUT2D eigenvalue weighted by molar-refractivity contribution is 7.17. The Labute approximate surface area is 118 Å². The first-order chi connectivity index (χ1) is 8.98. The van der Waals surface area contributed by atoms with Crippen molar-refractivity contribution in [2.75, 3.05) is 23.7 Å². The molecule has 1 aromatic rings. The summed E-state index contributed by atoms with van der Waals surface area (Å²) in [5.41, 5.74) is 7.03. The molecule has 0 amide bonds. The van der Waals surface area contributed by atoms with Crippen molar-refractivity contribution in [2.24, 2.45) is 5.41 Å². The third-order valence-corrected chi connectivity index (χ3v) is 4.94. The molecule has 0 spiro atoms. The molecule has 0 radical (unpaired) electrons. The summed E-state index contributed by atoms with van der Waals surface area (Å²) in [5.74, 6) is 0. The molecule has 2 heterocycles. The topological polar surface area (TPSA) is 76.8 Å². The summed E-state index contributed by atoms with van der Waals surface area (Å²) in [6, 6.07) is 4.23. The molecular formula is C14H18N4S. The van der Waals surface area contributed by atoms with Gasteiger partial charge >= 0.3 is 0 Å². The lowest BCUT2D eigenvalue weighted by atomic mass is 9.85. The Morgan fingerprint density at radius 1 is 1.21 bits per heavy atom. The first-order valence-corrected chi connectivity index (χ1v) is 7.27. The molecule has 0 bridgehead atoms. The van der Waals surface area contributed by atoms with E-state index >= 15 is 0 Å². The zero-order chi connectivity index (χ0) is 14.0. The van der Waals surface area contributed by atoms with Gasteiger partial charge in [-0.2, -0.15) is 10.5 Å². The number of anilines is 2. The molecule has 0 atom stereocenters. The normalized spacial score (nSPS) is 18.4. The van der Waals surface area contributed by atoms with Crippen LogP contribution in [0.5, 0.6) is 0 Å². The fourth-order valence-electron chi connectivity index (χ4n) is 2.47. The fourth-order valence-corrected chi connectivity index (χ4v) is 3.49. The predicted octanol–water partition coefficient (Wildman–Crippen LogP) is 3.09. The van der Waals surface area contributed by atoms with Crippen molar-refractivity contribution in [3.05, 3.63) is 10.4 Å². The van der Waals surface area contributed by atoms with Crippen LogP contribution in [0, 0.1) is 28.1 Å². The molecule has 100 valence electrons. The molecular weight excluding hydrogens is 256 g/mol. The molecule has 1 saturated heterocycles. The largest absolute Gasteiger partial charge is 0.396 e. The van der Waals surface area contributed by atoms with E-state index in [1.807, 2.05) is 0 Å². The maximum Gasteiger partial charge on any atom is 0.131 e. The highest BCUT2D eigenvalue weighted by atomic mass is 32.1. The summed E-state index contributed by atoms with van der Waals surface area (Å²) in [6.07, 6.45) is 3.40. The van der Waals surface area contributed by atoms with E-state index in [1.165, 1.54) is 17.8 Å². The van der Waals surface area contributed by atoms with Crippen molar-refractivity contribution in [1.82, 2.24) is 0 Å². The molecule has 1 aromatic heterocycles. The summed E-state index contributed by atoms with van der Waals surface area (Å²) >= 11 is 1.34. The molecule has 1 fully saturated rings. The van der Waals surface area contributed by atoms with E-state index in [2.05, 4.69) is 30.9 Å². The number of rotatable bonds is 1. The second kappa shape index (κ2) is 5.11. The summed E-state index contributed by atoms with van der Waals surface area (Å²) in [7, 11) is 0. The van der Waals surface area contributed by atoms with E-state index in [4.69, 9.17) is 11.0 Å². The van der Waals surface area contributed by atoms with Crippen molar-refractivity contribution in [3.8, 4) is 12.1 Å². The lowest BCUT2D eigenvalue weighted by Gasteiger charge is -2.23. The average molecular weight is 274 g/mol. The highest BCUT2D eigenvalue weighted by Crippen LogP contribution is 2.40. The quantitative estimate of drug-likeness (QED) is 0.853. The second-order valence-electron chi connectivity index (χ2n) is 5.75. The maximum absolute atomic E-state index is 9.25. The van der Waals surface area contributed by atoms with Gasteiger partial charge < -0.3 is 10.6 Å². The Morgan fingerprint density at radius 2 is 1.95 bits per heavy atom. The van der Waals surface area contributed by atoms with E-state index in [0.717, 1.165) is 30.9 Å². The fraction of sp³-hybridized carbons (Fsp3) is 0.571. The first kappa shape index (κ1) is 13.7. The molecule has 0 aliphatic carbocycles. The molecule has 5 heteroatoms. The molecule has 4 nitrogen and oxygen atoms in total. The Kier molecular flexibility index (Phi) is 3.68. The number of nitrogens with two attached hydrogens (primary N) is 1. The van der Waals surface area contributed by atoms with Gasteiger partial charge in [0.1, 0.15) is 27.6 Å². The van der Waals surface area contributed by atoms with Gasteiger partial charge in [-0.15, -0.1) is 11.3 Å².